The maximum Gasteiger partial charge on any atom is 0.243 e. The molecule has 1 aliphatic carbocycles. The van der Waals surface area contributed by atoms with Gasteiger partial charge in [-0.2, -0.15) is 9.57 Å². The molecule has 6 heteroatoms. The van der Waals surface area contributed by atoms with Crippen LogP contribution in [0.3, 0.4) is 0 Å². The molecule has 1 fully saturated rings. The van der Waals surface area contributed by atoms with Crippen molar-refractivity contribution in [2.75, 3.05) is 7.05 Å². The quantitative estimate of drug-likeness (QED) is 0.844. The summed E-state index contributed by atoms with van der Waals surface area (Å²) >= 11 is 0. The lowest BCUT2D eigenvalue weighted by Gasteiger charge is -2.16. The SMILES string of the molecule is C[C@H]1C[C@@H]1c1ccc(CN(C)S(=O)(=O)c2ccc(C#N)cc2)o1. The van der Waals surface area contributed by atoms with Crippen LogP contribution >= 0.6 is 0 Å². The van der Waals surface area contributed by atoms with E-state index in [0.717, 1.165) is 12.2 Å². The fourth-order valence-corrected chi connectivity index (χ4v) is 3.72. The fourth-order valence-electron chi connectivity index (χ4n) is 2.58. The minimum atomic E-state index is -3.60. The summed E-state index contributed by atoms with van der Waals surface area (Å²) in [5.74, 6) is 2.70. The first-order valence-electron chi connectivity index (χ1n) is 7.47. The van der Waals surface area contributed by atoms with E-state index in [2.05, 4.69) is 6.92 Å². The zero-order chi connectivity index (χ0) is 16.6. The van der Waals surface area contributed by atoms with Crippen molar-refractivity contribution >= 4 is 10.0 Å². The van der Waals surface area contributed by atoms with Gasteiger partial charge in [0.05, 0.1) is 23.1 Å². The van der Waals surface area contributed by atoms with E-state index in [1.165, 1.54) is 35.6 Å². The number of hydrogen-bond acceptors (Lipinski definition) is 4. The maximum atomic E-state index is 12.5. The van der Waals surface area contributed by atoms with E-state index in [4.69, 9.17) is 9.68 Å². The van der Waals surface area contributed by atoms with Crippen LogP contribution in [-0.2, 0) is 16.6 Å². The molecule has 0 spiro atoms. The summed E-state index contributed by atoms with van der Waals surface area (Å²) in [7, 11) is -2.08. The van der Waals surface area contributed by atoms with E-state index in [9.17, 15) is 8.42 Å². The Morgan fingerprint density at radius 3 is 2.48 bits per heavy atom. The molecule has 0 unspecified atom stereocenters. The Hall–Kier alpha value is -2.10. The first kappa shape index (κ1) is 15.8. The van der Waals surface area contributed by atoms with Gasteiger partial charge in [-0.25, -0.2) is 8.42 Å². The monoisotopic (exact) mass is 330 g/mol. The average molecular weight is 330 g/mol. The Morgan fingerprint density at radius 2 is 1.91 bits per heavy atom. The second-order valence-electron chi connectivity index (χ2n) is 6.02. The van der Waals surface area contributed by atoms with Crippen LogP contribution in [0.2, 0.25) is 0 Å². The van der Waals surface area contributed by atoms with Gasteiger partial charge < -0.3 is 4.42 Å². The molecule has 1 heterocycles. The summed E-state index contributed by atoms with van der Waals surface area (Å²) in [6.45, 7) is 2.36. The molecule has 1 saturated carbocycles. The number of furan rings is 1. The summed E-state index contributed by atoms with van der Waals surface area (Å²) < 4.78 is 32.1. The van der Waals surface area contributed by atoms with Crippen molar-refractivity contribution in [3.8, 4) is 6.07 Å². The summed E-state index contributed by atoms with van der Waals surface area (Å²) in [6, 6.07) is 11.6. The van der Waals surface area contributed by atoms with Gasteiger partial charge >= 0.3 is 0 Å². The van der Waals surface area contributed by atoms with Gasteiger partial charge in [0.2, 0.25) is 10.0 Å². The Balaban J connectivity index is 1.74. The molecule has 1 aliphatic rings. The lowest BCUT2D eigenvalue weighted by molar-refractivity contribution is 0.390. The number of sulfonamides is 1. The molecule has 0 aliphatic heterocycles. The van der Waals surface area contributed by atoms with Crippen LogP contribution in [0.15, 0.2) is 45.7 Å². The van der Waals surface area contributed by atoms with Crippen molar-refractivity contribution < 1.29 is 12.8 Å². The van der Waals surface area contributed by atoms with Gasteiger partial charge in [0.25, 0.3) is 0 Å². The van der Waals surface area contributed by atoms with Gasteiger partial charge in [-0.3, -0.25) is 0 Å². The van der Waals surface area contributed by atoms with Crippen molar-refractivity contribution in [3.63, 3.8) is 0 Å². The van der Waals surface area contributed by atoms with Gasteiger partial charge in [0.15, 0.2) is 0 Å². The molecule has 0 bridgehead atoms. The third kappa shape index (κ3) is 3.16. The number of rotatable bonds is 5. The van der Waals surface area contributed by atoms with E-state index >= 15 is 0 Å². The molecular formula is C17H18N2O3S. The Kier molecular flexibility index (Phi) is 4.00. The molecule has 0 radical (unpaired) electrons. The first-order valence-corrected chi connectivity index (χ1v) is 8.91. The molecule has 3 rings (SSSR count). The average Bonchev–Trinajstić information content (AvgIpc) is 3.09. The Morgan fingerprint density at radius 1 is 1.26 bits per heavy atom. The highest BCUT2D eigenvalue weighted by atomic mass is 32.2. The third-order valence-electron chi connectivity index (χ3n) is 4.23. The van der Waals surface area contributed by atoms with Crippen molar-refractivity contribution in [2.45, 2.75) is 30.7 Å². The van der Waals surface area contributed by atoms with Crippen LogP contribution in [0.25, 0.3) is 0 Å². The van der Waals surface area contributed by atoms with Crippen LogP contribution in [0, 0.1) is 17.2 Å². The summed E-state index contributed by atoms with van der Waals surface area (Å²) in [5, 5.41) is 8.78. The molecule has 5 nitrogen and oxygen atoms in total. The second-order valence-corrected chi connectivity index (χ2v) is 8.07. The summed E-state index contributed by atoms with van der Waals surface area (Å²) in [4.78, 5) is 0.168. The third-order valence-corrected chi connectivity index (χ3v) is 6.05. The predicted molar refractivity (Wildman–Crippen MR) is 85.0 cm³/mol. The molecule has 2 aromatic rings. The van der Waals surface area contributed by atoms with Crippen LogP contribution in [-0.4, -0.2) is 19.8 Å². The molecule has 1 aromatic carbocycles. The van der Waals surface area contributed by atoms with Gasteiger partial charge in [0.1, 0.15) is 11.5 Å². The molecule has 2 atom stereocenters. The zero-order valence-electron chi connectivity index (χ0n) is 13.1. The standard InChI is InChI=1S/C17H18N2O3S/c1-12-9-16(12)17-8-5-14(22-17)11-19(2)23(20,21)15-6-3-13(10-18)4-7-15/h3-8,12,16H,9,11H2,1-2H3/t12-,16-/m0/s1. The smallest absolute Gasteiger partial charge is 0.243 e. The number of nitrogens with zero attached hydrogens (tertiary/aromatic N) is 2. The van der Waals surface area contributed by atoms with E-state index < -0.39 is 10.0 Å². The topological polar surface area (TPSA) is 74.3 Å². The van der Waals surface area contributed by atoms with Gasteiger partial charge in [-0.05, 0) is 48.7 Å². The highest BCUT2D eigenvalue weighted by Crippen LogP contribution is 2.47. The lowest BCUT2D eigenvalue weighted by Crippen LogP contribution is -2.26. The molecule has 23 heavy (non-hydrogen) atoms. The Bertz CT molecular complexity index is 847. The fraction of sp³-hybridized carbons (Fsp3) is 0.353. The van der Waals surface area contributed by atoms with E-state index in [-0.39, 0.29) is 11.4 Å². The molecule has 0 N–H and O–H groups in total. The van der Waals surface area contributed by atoms with E-state index in [1.807, 2.05) is 18.2 Å². The van der Waals surface area contributed by atoms with Crippen molar-refractivity contribution in [1.29, 1.82) is 5.26 Å². The van der Waals surface area contributed by atoms with Gasteiger partial charge in [0, 0.05) is 13.0 Å². The van der Waals surface area contributed by atoms with Crippen LogP contribution < -0.4 is 0 Å². The molecule has 1 aromatic heterocycles. The summed E-state index contributed by atoms with van der Waals surface area (Å²) in [6.07, 6.45) is 1.13. The molecule has 120 valence electrons. The number of benzene rings is 1. The van der Waals surface area contributed by atoms with Crippen LogP contribution in [0.4, 0.5) is 0 Å². The van der Waals surface area contributed by atoms with Gasteiger partial charge in [-0.1, -0.05) is 6.92 Å². The molecule has 0 amide bonds. The Labute approximate surface area is 136 Å². The van der Waals surface area contributed by atoms with Gasteiger partial charge in [-0.15, -0.1) is 0 Å². The first-order chi connectivity index (χ1) is 10.9. The van der Waals surface area contributed by atoms with Crippen molar-refractivity contribution in [2.24, 2.45) is 5.92 Å². The van der Waals surface area contributed by atoms with E-state index in [0.29, 0.717) is 23.2 Å². The highest BCUT2D eigenvalue weighted by molar-refractivity contribution is 7.89. The van der Waals surface area contributed by atoms with Crippen LogP contribution in [0.1, 0.15) is 36.3 Å². The maximum absolute atomic E-state index is 12.5. The predicted octanol–water partition coefficient (Wildman–Crippen LogP) is 3.10. The minimum absolute atomic E-state index is 0.168. The summed E-state index contributed by atoms with van der Waals surface area (Å²) in [5.41, 5.74) is 0.431. The van der Waals surface area contributed by atoms with E-state index in [1.54, 1.807) is 0 Å². The molecule has 0 saturated heterocycles. The van der Waals surface area contributed by atoms with Crippen molar-refractivity contribution in [3.05, 3.63) is 53.5 Å². The van der Waals surface area contributed by atoms with Crippen LogP contribution in [0.5, 0.6) is 0 Å². The highest BCUT2D eigenvalue weighted by Gasteiger charge is 2.36. The van der Waals surface area contributed by atoms with Crippen molar-refractivity contribution in [1.82, 2.24) is 4.31 Å². The zero-order valence-corrected chi connectivity index (χ0v) is 13.9. The molecular weight excluding hydrogens is 312 g/mol. The number of nitriles is 1. The lowest BCUT2D eigenvalue weighted by atomic mass is 10.2. The minimum Gasteiger partial charge on any atom is -0.464 e. The number of hydrogen-bond donors (Lipinski definition) is 0. The normalized spacial score (nSPS) is 20.4. The largest absolute Gasteiger partial charge is 0.464 e. The second kappa shape index (κ2) is 5.84.